The van der Waals surface area contributed by atoms with Crippen molar-refractivity contribution in [3.63, 3.8) is 0 Å². The van der Waals surface area contributed by atoms with Crippen molar-refractivity contribution in [2.24, 2.45) is 0 Å². The van der Waals surface area contributed by atoms with Crippen LogP contribution in [0, 0.1) is 0 Å². The number of amides is 1. The average molecular weight is 250 g/mol. The van der Waals surface area contributed by atoms with Crippen LogP contribution in [-0.4, -0.2) is 38.2 Å². The second-order valence-corrected chi connectivity index (χ2v) is 4.29. The third-order valence-electron chi connectivity index (χ3n) is 2.87. The van der Waals surface area contributed by atoms with Gasteiger partial charge in [0.15, 0.2) is 11.5 Å². The zero-order valence-corrected chi connectivity index (χ0v) is 10.7. The average Bonchev–Trinajstić information content (AvgIpc) is 2.83. The van der Waals surface area contributed by atoms with Gasteiger partial charge in [0.1, 0.15) is 0 Å². The SMILES string of the molecule is CNCCC(=O)N(C)Cc1ccc2c(c1)OCO2. The lowest BCUT2D eigenvalue weighted by molar-refractivity contribution is -0.130. The standard InChI is InChI=1S/C13H18N2O3/c1-14-6-5-13(16)15(2)8-10-3-4-11-12(7-10)18-9-17-11/h3-4,7,14H,5-6,8-9H2,1-2H3. The monoisotopic (exact) mass is 250 g/mol. The van der Waals surface area contributed by atoms with Gasteiger partial charge in [0, 0.05) is 26.6 Å². The molecule has 0 radical (unpaired) electrons. The maximum atomic E-state index is 11.8. The van der Waals surface area contributed by atoms with Crippen LogP contribution in [-0.2, 0) is 11.3 Å². The molecule has 0 fully saturated rings. The molecule has 0 unspecified atom stereocenters. The minimum atomic E-state index is 0.127. The van der Waals surface area contributed by atoms with E-state index in [9.17, 15) is 4.79 Å². The van der Waals surface area contributed by atoms with Crippen molar-refractivity contribution in [1.29, 1.82) is 0 Å². The summed E-state index contributed by atoms with van der Waals surface area (Å²) in [5, 5.41) is 2.97. The summed E-state index contributed by atoms with van der Waals surface area (Å²) < 4.78 is 10.6. The molecule has 1 N–H and O–H groups in total. The van der Waals surface area contributed by atoms with E-state index >= 15 is 0 Å². The van der Waals surface area contributed by atoms with E-state index in [2.05, 4.69) is 5.32 Å². The fraction of sp³-hybridized carbons (Fsp3) is 0.462. The summed E-state index contributed by atoms with van der Waals surface area (Å²) in [6, 6.07) is 5.75. The molecule has 2 rings (SSSR count). The van der Waals surface area contributed by atoms with Crippen LogP contribution in [0.1, 0.15) is 12.0 Å². The number of hydrogen-bond acceptors (Lipinski definition) is 4. The molecular weight excluding hydrogens is 232 g/mol. The van der Waals surface area contributed by atoms with Gasteiger partial charge in [-0.1, -0.05) is 6.07 Å². The molecule has 18 heavy (non-hydrogen) atoms. The molecular formula is C13H18N2O3. The summed E-state index contributed by atoms with van der Waals surface area (Å²) in [6.45, 7) is 1.55. The molecule has 98 valence electrons. The van der Waals surface area contributed by atoms with Crippen molar-refractivity contribution < 1.29 is 14.3 Å². The highest BCUT2D eigenvalue weighted by Gasteiger charge is 2.15. The molecule has 5 heteroatoms. The highest BCUT2D eigenvalue weighted by Crippen LogP contribution is 2.32. The molecule has 0 bridgehead atoms. The van der Waals surface area contributed by atoms with Gasteiger partial charge in [0.05, 0.1) is 0 Å². The predicted molar refractivity (Wildman–Crippen MR) is 67.6 cm³/mol. The van der Waals surface area contributed by atoms with Crippen LogP contribution in [0.25, 0.3) is 0 Å². The maximum Gasteiger partial charge on any atom is 0.231 e. The van der Waals surface area contributed by atoms with Gasteiger partial charge in [-0.3, -0.25) is 4.79 Å². The molecule has 0 spiro atoms. The van der Waals surface area contributed by atoms with Gasteiger partial charge in [0.25, 0.3) is 0 Å². The number of hydrogen-bond donors (Lipinski definition) is 1. The first-order chi connectivity index (χ1) is 8.70. The summed E-state index contributed by atoms with van der Waals surface area (Å²) in [7, 11) is 3.65. The Kier molecular flexibility index (Phi) is 4.04. The Morgan fingerprint density at radius 1 is 1.39 bits per heavy atom. The van der Waals surface area contributed by atoms with Crippen molar-refractivity contribution in [3.8, 4) is 11.5 Å². The molecule has 0 saturated carbocycles. The number of fused-ring (bicyclic) bond motifs is 1. The van der Waals surface area contributed by atoms with E-state index in [1.165, 1.54) is 0 Å². The molecule has 1 aromatic rings. The van der Waals surface area contributed by atoms with Crippen LogP contribution in [0.15, 0.2) is 18.2 Å². The number of ether oxygens (including phenoxy) is 2. The van der Waals surface area contributed by atoms with Gasteiger partial charge in [-0.05, 0) is 24.7 Å². The zero-order valence-electron chi connectivity index (χ0n) is 10.7. The number of nitrogens with zero attached hydrogens (tertiary/aromatic N) is 1. The lowest BCUT2D eigenvalue weighted by Crippen LogP contribution is -2.28. The fourth-order valence-corrected chi connectivity index (χ4v) is 1.82. The van der Waals surface area contributed by atoms with E-state index in [0.717, 1.165) is 17.1 Å². The van der Waals surface area contributed by atoms with E-state index in [1.807, 2.05) is 32.3 Å². The molecule has 0 atom stereocenters. The Labute approximate surface area is 107 Å². The van der Waals surface area contributed by atoms with Crippen molar-refractivity contribution >= 4 is 5.91 Å². The Morgan fingerprint density at radius 3 is 2.94 bits per heavy atom. The van der Waals surface area contributed by atoms with Crippen molar-refractivity contribution in [1.82, 2.24) is 10.2 Å². The summed E-state index contributed by atoms with van der Waals surface area (Å²) in [4.78, 5) is 13.5. The quantitative estimate of drug-likeness (QED) is 0.846. The van der Waals surface area contributed by atoms with Gasteiger partial charge >= 0.3 is 0 Å². The Balaban J connectivity index is 1.94. The van der Waals surface area contributed by atoms with Gasteiger partial charge in [-0.15, -0.1) is 0 Å². The summed E-state index contributed by atoms with van der Waals surface area (Å²) in [6.07, 6.45) is 0.511. The lowest BCUT2D eigenvalue weighted by Gasteiger charge is -2.17. The third-order valence-corrected chi connectivity index (χ3v) is 2.87. The first kappa shape index (κ1) is 12.7. The van der Waals surface area contributed by atoms with Gasteiger partial charge in [-0.2, -0.15) is 0 Å². The number of carbonyl (C=O) groups is 1. The van der Waals surface area contributed by atoms with E-state index < -0.39 is 0 Å². The van der Waals surface area contributed by atoms with E-state index in [1.54, 1.807) is 4.90 Å². The molecule has 1 heterocycles. The first-order valence-corrected chi connectivity index (χ1v) is 5.98. The molecule has 0 saturated heterocycles. The largest absolute Gasteiger partial charge is 0.454 e. The van der Waals surface area contributed by atoms with Crippen LogP contribution in [0.5, 0.6) is 11.5 Å². The normalized spacial score (nSPS) is 12.6. The fourth-order valence-electron chi connectivity index (χ4n) is 1.82. The third kappa shape index (κ3) is 2.92. The topological polar surface area (TPSA) is 50.8 Å². The maximum absolute atomic E-state index is 11.8. The second kappa shape index (κ2) is 5.73. The van der Waals surface area contributed by atoms with Crippen LogP contribution in [0.2, 0.25) is 0 Å². The summed E-state index contributed by atoms with van der Waals surface area (Å²) in [5.74, 6) is 1.65. The number of benzene rings is 1. The van der Waals surface area contributed by atoms with Crippen LogP contribution < -0.4 is 14.8 Å². The number of carbonyl (C=O) groups excluding carboxylic acids is 1. The molecule has 1 aliphatic heterocycles. The Morgan fingerprint density at radius 2 is 2.17 bits per heavy atom. The van der Waals surface area contributed by atoms with Crippen LogP contribution >= 0.6 is 0 Å². The smallest absolute Gasteiger partial charge is 0.231 e. The molecule has 1 aromatic carbocycles. The predicted octanol–water partition coefficient (Wildman–Crippen LogP) is 0.983. The van der Waals surface area contributed by atoms with Crippen molar-refractivity contribution in [2.45, 2.75) is 13.0 Å². The molecule has 0 aromatic heterocycles. The number of rotatable bonds is 5. The molecule has 1 amide bonds. The highest BCUT2D eigenvalue weighted by molar-refractivity contribution is 5.76. The zero-order chi connectivity index (χ0) is 13.0. The Bertz CT molecular complexity index is 434. The molecule has 0 aliphatic carbocycles. The van der Waals surface area contributed by atoms with Crippen LogP contribution in [0.4, 0.5) is 0 Å². The van der Waals surface area contributed by atoms with Crippen LogP contribution in [0.3, 0.4) is 0 Å². The van der Waals surface area contributed by atoms with Gasteiger partial charge in [0.2, 0.25) is 12.7 Å². The van der Waals surface area contributed by atoms with Crippen molar-refractivity contribution in [2.75, 3.05) is 27.4 Å². The summed E-state index contributed by atoms with van der Waals surface area (Å²) in [5.41, 5.74) is 1.04. The van der Waals surface area contributed by atoms with E-state index in [0.29, 0.717) is 19.5 Å². The van der Waals surface area contributed by atoms with E-state index in [4.69, 9.17) is 9.47 Å². The molecule has 5 nitrogen and oxygen atoms in total. The highest BCUT2D eigenvalue weighted by atomic mass is 16.7. The first-order valence-electron chi connectivity index (χ1n) is 5.98. The minimum absolute atomic E-state index is 0.127. The number of nitrogens with one attached hydrogen (secondary N) is 1. The molecule has 1 aliphatic rings. The van der Waals surface area contributed by atoms with Gasteiger partial charge in [-0.25, -0.2) is 0 Å². The van der Waals surface area contributed by atoms with Gasteiger partial charge < -0.3 is 19.7 Å². The van der Waals surface area contributed by atoms with E-state index in [-0.39, 0.29) is 12.7 Å². The summed E-state index contributed by atoms with van der Waals surface area (Å²) >= 11 is 0. The minimum Gasteiger partial charge on any atom is -0.454 e. The Hall–Kier alpha value is -1.75. The lowest BCUT2D eigenvalue weighted by atomic mass is 10.2. The second-order valence-electron chi connectivity index (χ2n) is 4.29. The van der Waals surface area contributed by atoms with Crippen molar-refractivity contribution in [3.05, 3.63) is 23.8 Å².